The van der Waals surface area contributed by atoms with Gasteiger partial charge in [0.1, 0.15) is 0 Å². The number of hydrogen-bond acceptors (Lipinski definition) is 1. The highest BCUT2D eigenvalue weighted by Gasteiger charge is 2.48. The summed E-state index contributed by atoms with van der Waals surface area (Å²) in [6, 6.07) is 0. The van der Waals surface area contributed by atoms with Gasteiger partial charge in [-0.15, -0.1) is 0 Å². The Hall–Kier alpha value is -0.300. The summed E-state index contributed by atoms with van der Waals surface area (Å²) in [5.74, 6) is 1.37. The molecule has 0 aromatic heterocycles. The van der Waals surface area contributed by atoms with Crippen molar-refractivity contribution in [3.63, 3.8) is 0 Å². The van der Waals surface area contributed by atoms with Gasteiger partial charge < -0.3 is 4.74 Å². The van der Waals surface area contributed by atoms with E-state index in [1.165, 1.54) is 31.3 Å². The molecule has 2 rings (SSSR count). The summed E-state index contributed by atoms with van der Waals surface area (Å²) in [6.07, 6.45) is 5.02. The van der Waals surface area contributed by atoms with Crippen molar-refractivity contribution in [2.45, 2.75) is 59.0 Å². The smallest absolute Gasteiger partial charge is 0.0666 e. The molecule has 0 aliphatic heterocycles. The predicted molar refractivity (Wildman–Crippen MR) is 68.4 cm³/mol. The standard InChI is InChI=1S/C15H26O/c1-6-16-15(5)9-12-7-8-14(3,4)13(10-15)11(12)2/h12-13H,2,6-10H2,1,3-5H3. The van der Waals surface area contributed by atoms with Crippen molar-refractivity contribution >= 4 is 0 Å². The molecule has 0 aromatic carbocycles. The van der Waals surface area contributed by atoms with E-state index in [1.54, 1.807) is 0 Å². The van der Waals surface area contributed by atoms with Gasteiger partial charge in [-0.25, -0.2) is 0 Å². The van der Waals surface area contributed by atoms with E-state index >= 15 is 0 Å². The Kier molecular flexibility index (Phi) is 2.94. The summed E-state index contributed by atoms with van der Waals surface area (Å²) in [5.41, 5.74) is 2.03. The van der Waals surface area contributed by atoms with Gasteiger partial charge in [-0.2, -0.15) is 0 Å². The normalized spacial score (nSPS) is 42.1. The summed E-state index contributed by atoms with van der Waals surface area (Å²) in [6.45, 7) is 14.4. The zero-order chi connectivity index (χ0) is 12.0. The van der Waals surface area contributed by atoms with Gasteiger partial charge in [0.15, 0.2) is 0 Å². The molecule has 1 heteroatoms. The van der Waals surface area contributed by atoms with Crippen molar-refractivity contribution in [3.05, 3.63) is 12.2 Å². The van der Waals surface area contributed by atoms with Crippen LogP contribution in [-0.4, -0.2) is 12.2 Å². The lowest BCUT2D eigenvalue weighted by Gasteiger charge is -2.53. The largest absolute Gasteiger partial charge is 0.376 e. The third-order valence-electron chi connectivity index (χ3n) is 4.86. The summed E-state index contributed by atoms with van der Waals surface area (Å²) >= 11 is 0. The fourth-order valence-corrected chi connectivity index (χ4v) is 3.84. The average molecular weight is 222 g/mol. The van der Waals surface area contributed by atoms with Crippen LogP contribution in [0.15, 0.2) is 12.2 Å². The van der Waals surface area contributed by atoms with Crippen LogP contribution in [0.1, 0.15) is 53.4 Å². The second-order valence-electron chi connectivity index (χ2n) is 6.64. The summed E-state index contributed by atoms with van der Waals surface area (Å²) in [5, 5.41) is 0. The average Bonchev–Trinajstić information content (AvgIpc) is 2.17. The number of hydrogen-bond donors (Lipinski definition) is 0. The molecule has 0 N–H and O–H groups in total. The van der Waals surface area contributed by atoms with Gasteiger partial charge in [0, 0.05) is 6.61 Å². The van der Waals surface area contributed by atoms with Gasteiger partial charge in [0.05, 0.1) is 5.60 Å². The Bertz CT molecular complexity index is 292. The predicted octanol–water partition coefficient (Wildman–Crippen LogP) is 4.18. The minimum absolute atomic E-state index is 0.100. The van der Waals surface area contributed by atoms with Gasteiger partial charge in [0.25, 0.3) is 0 Å². The SMILES string of the molecule is C=C1C2CCC(C)(C)C1CC(C)(OCC)C2. The maximum absolute atomic E-state index is 6.01. The molecule has 0 heterocycles. The van der Waals surface area contributed by atoms with Crippen LogP contribution in [0.3, 0.4) is 0 Å². The van der Waals surface area contributed by atoms with Gasteiger partial charge in [0.2, 0.25) is 0 Å². The molecule has 92 valence electrons. The lowest BCUT2D eigenvalue weighted by Crippen LogP contribution is -2.47. The second kappa shape index (κ2) is 3.87. The molecule has 1 nitrogen and oxygen atoms in total. The van der Waals surface area contributed by atoms with Crippen LogP contribution in [0.5, 0.6) is 0 Å². The van der Waals surface area contributed by atoms with Gasteiger partial charge >= 0.3 is 0 Å². The maximum atomic E-state index is 6.01. The van der Waals surface area contributed by atoms with E-state index in [1.807, 2.05) is 0 Å². The fourth-order valence-electron chi connectivity index (χ4n) is 3.84. The molecular weight excluding hydrogens is 196 g/mol. The Morgan fingerprint density at radius 2 is 2.00 bits per heavy atom. The number of allylic oxidation sites excluding steroid dienone is 1. The summed E-state index contributed by atoms with van der Waals surface area (Å²) in [7, 11) is 0. The van der Waals surface area contributed by atoms with Crippen LogP contribution in [0.25, 0.3) is 0 Å². The topological polar surface area (TPSA) is 9.23 Å². The number of ether oxygens (including phenoxy) is 1. The van der Waals surface area contributed by atoms with Crippen LogP contribution >= 0.6 is 0 Å². The summed E-state index contributed by atoms with van der Waals surface area (Å²) in [4.78, 5) is 0. The van der Waals surface area contributed by atoms with Gasteiger partial charge in [-0.05, 0) is 56.8 Å². The van der Waals surface area contributed by atoms with Crippen LogP contribution in [0.2, 0.25) is 0 Å². The third-order valence-corrected chi connectivity index (χ3v) is 4.86. The van der Waals surface area contributed by atoms with Crippen molar-refractivity contribution in [2.75, 3.05) is 6.61 Å². The summed E-state index contributed by atoms with van der Waals surface area (Å²) < 4.78 is 6.01. The van der Waals surface area contributed by atoms with E-state index in [2.05, 4.69) is 34.3 Å². The van der Waals surface area contributed by atoms with Crippen molar-refractivity contribution in [1.82, 2.24) is 0 Å². The zero-order valence-corrected chi connectivity index (χ0v) is 11.3. The maximum Gasteiger partial charge on any atom is 0.0666 e. The Balaban J connectivity index is 2.22. The molecule has 0 aromatic rings. The van der Waals surface area contributed by atoms with Crippen molar-refractivity contribution < 1.29 is 4.74 Å². The third kappa shape index (κ3) is 1.95. The van der Waals surface area contributed by atoms with Crippen molar-refractivity contribution in [3.8, 4) is 0 Å². The molecule has 2 saturated carbocycles. The number of fused-ring (bicyclic) bond motifs is 2. The van der Waals surface area contributed by atoms with Crippen LogP contribution < -0.4 is 0 Å². The number of rotatable bonds is 2. The highest BCUT2D eigenvalue weighted by molar-refractivity contribution is 5.19. The van der Waals surface area contributed by atoms with Crippen LogP contribution in [0, 0.1) is 17.3 Å². The van der Waals surface area contributed by atoms with E-state index in [-0.39, 0.29) is 5.60 Å². The molecule has 2 bridgehead atoms. The first-order valence-corrected chi connectivity index (χ1v) is 6.70. The van der Waals surface area contributed by atoms with Crippen molar-refractivity contribution in [2.24, 2.45) is 17.3 Å². The van der Waals surface area contributed by atoms with Gasteiger partial charge in [-0.3, -0.25) is 0 Å². The first-order chi connectivity index (χ1) is 7.38. The monoisotopic (exact) mass is 222 g/mol. The first-order valence-electron chi connectivity index (χ1n) is 6.70. The minimum Gasteiger partial charge on any atom is -0.376 e. The van der Waals surface area contributed by atoms with E-state index in [9.17, 15) is 0 Å². The highest BCUT2D eigenvalue weighted by Crippen LogP contribution is 2.55. The lowest BCUT2D eigenvalue weighted by atomic mass is 9.55. The van der Waals surface area contributed by atoms with E-state index in [0.717, 1.165) is 6.61 Å². The molecular formula is C15H26O. The van der Waals surface area contributed by atoms with Crippen LogP contribution in [0.4, 0.5) is 0 Å². The molecule has 2 aliphatic carbocycles. The van der Waals surface area contributed by atoms with Crippen molar-refractivity contribution in [1.29, 1.82) is 0 Å². The minimum atomic E-state index is 0.100. The Morgan fingerprint density at radius 3 is 2.62 bits per heavy atom. The Morgan fingerprint density at radius 1 is 1.31 bits per heavy atom. The lowest BCUT2D eigenvalue weighted by molar-refractivity contribution is -0.0918. The van der Waals surface area contributed by atoms with E-state index < -0.39 is 0 Å². The molecule has 3 atom stereocenters. The van der Waals surface area contributed by atoms with Gasteiger partial charge in [-0.1, -0.05) is 26.0 Å². The Labute approximate surface area is 100 Å². The highest BCUT2D eigenvalue weighted by atomic mass is 16.5. The molecule has 2 fully saturated rings. The fraction of sp³-hybridized carbons (Fsp3) is 0.867. The second-order valence-corrected chi connectivity index (χ2v) is 6.64. The molecule has 0 spiro atoms. The molecule has 3 unspecified atom stereocenters. The molecule has 16 heavy (non-hydrogen) atoms. The molecule has 0 radical (unpaired) electrons. The van der Waals surface area contributed by atoms with E-state index in [4.69, 9.17) is 4.74 Å². The zero-order valence-electron chi connectivity index (χ0n) is 11.3. The molecule has 2 aliphatic rings. The molecule has 0 saturated heterocycles. The quantitative estimate of drug-likeness (QED) is 0.637. The van der Waals surface area contributed by atoms with E-state index in [0.29, 0.717) is 17.3 Å². The first kappa shape index (κ1) is 12.2. The molecule has 0 amide bonds. The van der Waals surface area contributed by atoms with Crippen LogP contribution in [-0.2, 0) is 4.74 Å².